The Bertz CT molecular complexity index is 1350. The van der Waals surface area contributed by atoms with Gasteiger partial charge in [-0.15, -0.1) is 0 Å². The van der Waals surface area contributed by atoms with E-state index in [-0.39, 0.29) is 18.1 Å². The number of carbonyl (C=O) groups excluding carboxylic acids is 1. The molecule has 0 unspecified atom stereocenters. The van der Waals surface area contributed by atoms with Crippen molar-refractivity contribution < 1.29 is 9.53 Å². The number of rotatable bonds is 9. The van der Waals surface area contributed by atoms with Crippen LogP contribution in [-0.2, 0) is 4.74 Å². The van der Waals surface area contributed by atoms with Crippen LogP contribution in [0.2, 0.25) is 0 Å². The second kappa shape index (κ2) is 10.4. The van der Waals surface area contributed by atoms with Crippen molar-refractivity contribution >= 4 is 17.4 Å². The number of hydrogen-bond donors (Lipinski definition) is 2. The average Bonchev–Trinajstić information content (AvgIpc) is 3.30. The summed E-state index contributed by atoms with van der Waals surface area (Å²) in [6.45, 7) is 6.95. The molecule has 1 aliphatic rings. The van der Waals surface area contributed by atoms with E-state index in [0.717, 1.165) is 42.3 Å². The molecule has 1 amide bonds. The molecule has 0 saturated carbocycles. The third-order valence-corrected chi connectivity index (χ3v) is 6.42. The first kappa shape index (κ1) is 23.9. The molecule has 5 rings (SSSR count). The lowest BCUT2D eigenvalue weighted by Crippen LogP contribution is -2.52. The molecule has 1 atom stereocenters. The van der Waals surface area contributed by atoms with E-state index in [9.17, 15) is 4.79 Å². The third-order valence-electron chi connectivity index (χ3n) is 6.42. The van der Waals surface area contributed by atoms with Gasteiger partial charge in [0.1, 0.15) is 5.82 Å². The van der Waals surface area contributed by atoms with Gasteiger partial charge in [-0.2, -0.15) is 5.10 Å². The minimum absolute atomic E-state index is 0.136. The van der Waals surface area contributed by atoms with E-state index >= 15 is 0 Å². The fourth-order valence-electron chi connectivity index (χ4n) is 4.31. The molecule has 36 heavy (non-hydrogen) atoms. The first-order valence-electron chi connectivity index (χ1n) is 12.3. The van der Waals surface area contributed by atoms with Crippen molar-refractivity contribution in [1.29, 1.82) is 0 Å². The Hall–Kier alpha value is -3.82. The number of anilines is 1. The van der Waals surface area contributed by atoms with Gasteiger partial charge in [0.25, 0.3) is 5.91 Å². The number of methoxy groups -OCH3 is 1. The summed E-state index contributed by atoms with van der Waals surface area (Å²) in [4.78, 5) is 25.0. The van der Waals surface area contributed by atoms with Gasteiger partial charge in [-0.25, -0.2) is 14.5 Å². The first-order valence-corrected chi connectivity index (χ1v) is 12.3. The number of hydrogen-bond acceptors (Lipinski definition) is 7. The third kappa shape index (κ3) is 4.93. The summed E-state index contributed by atoms with van der Waals surface area (Å²) in [7, 11) is 1.71. The quantitative estimate of drug-likeness (QED) is 0.376. The maximum atomic E-state index is 13.1. The van der Waals surface area contributed by atoms with Gasteiger partial charge in [-0.1, -0.05) is 37.3 Å². The van der Waals surface area contributed by atoms with Crippen molar-refractivity contribution in [3.05, 3.63) is 66.5 Å². The van der Waals surface area contributed by atoms with Gasteiger partial charge in [0, 0.05) is 50.1 Å². The largest absolute Gasteiger partial charge is 0.378 e. The zero-order valence-corrected chi connectivity index (χ0v) is 20.8. The van der Waals surface area contributed by atoms with E-state index in [2.05, 4.69) is 20.6 Å². The maximum Gasteiger partial charge on any atom is 0.251 e. The molecule has 0 bridgehead atoms. The smallest absolute Gasteiger partial charge is 0.251 e. The Morgan fingerprint density at radius 2 is 1.94 bits per heavy atom. The number of nitrogens with one attached hydrogen (secondary N) is 2. The Balaban J connectivity index is 1.52. The van der Waals surface area contributed by atoms with Crippen molar-refractivity contribution in [3.8, 4) is 22.5 Å². The summed E-state index contributed by atoms with van der Waals surface area (Å²) in [5, 5.41) is 10.8. The van der Waals surface area contributed by atoms with Gasteiger partial charge < -0.3 is 20.3 Å². The minimum Gasteiger partial charge on any atom is -0.378 e. The maximum absolute atomic E-state index is 13.1. The molecular formula is C27H31N7O2. The Morgan fingerprint density at radius 3 is 2.69 bits per heavy atom. The topological polar surface area (TPSA) is 96.7 Å². The number of carbonyl (C=O) groups is 1. The van der Waals surface area contributed by atoms with Gasteiger partial charge in [-0.3, -0.25) is 4.79 Å². The number of benzene rings is 1. The second-order valence-corrected chi connectivity index (χ2v) is 9.04. The van der Waals surface area contributed by atoms with Crippen molar-refractivity contribution in [2.45, 2.75) is 26.0 Å². The summed E-state index contributed by atoms with van der Waals surface area (Å²) >= 11 is 0. The molecule has 4 aromatic rings. The molecular weight excluding hydrogens is 454 g/mol. The van der Waals surface area contributed by atoms with Gasteiger partial charge in [0.05, 0.1) is 29.3 Å². The summed E-state index contributed by atoms with van der Waals surface area (Å²) < 4.78 is 7.17. The fourth-order valence-corrected chi connectivity index (χ4v) is 4.31. The summed E-state index contributed by atoms with van der Waals surface area (Å²) in [5.74, 6) is 0.604. The van der Waals surface area contributed by atoms with Gasteiger partial charge in [0.15, 0.2) is 5.65 Å². The Kier molecular flexibility index (Phi) is 6.92. The van der Waals surface area contributed by atoms with E-state index in [1.165, 1.54) is 0 Å². The van der Waals surface area contributed by atoms with Crippen molar-refractivity contribution in [2.75, 3.05) is 38.2 Å². The van der Waals surface area contributed by atoms with Gasteiger partial charge >= 0.3 is 0 Å². The standard InChI is InChI=1S/C27H31N7O2/c1-4-28-18(2)14-29-27(35)20-12-24(31-25(13-20)33-16-21(17-33)36-3)22-15-30-34-11-10-23(32-26(22)34)19-8-6-5-7-9-19/h5-13,15,18,21,28H,4,14,16-17H2,1-3H3,(H,29,35)/t18-/m0/s1. The highest BCUT2D eigenvalue weighted by Gasteiger charge is 2.29. The molecule has 0 radical (unpaired) electrons. The first-order chi connectivity index (χ1) is 17.6. The molecule has 1 aromatic carbocycles. The predicted octanol–water partition coefficient (Wildman–Crippen LogP) is 3.02. The number of fused-ring (bicyclic) bond motifs is 1. The lowest BCUT2D eigenvalue weighted by atomic mass is 10.1. The summed E-state index contributed by atoms with van der Waals surface area (Å²) in [6, 6.07) is 15.8. The number of likely N-dealkylation sites (N-methyl/N-ethyl adjacent to an activating group) is 1. The van der Waals surface area contributed by atoms with E-state index in [4.69, 9.17) is 14.7 Å². The highest BCUT2D eigenvalue weighted by atomic mass is 16.5. The lowest BCUT2D eigenvalue weighted by molar-refractivity contribution is 0.0783. The van der Waals surface area contributed by atoms with Crippen molar-refractivity contribution in [3.63, 3.8) is 0 Å². The number of nitrogens with zero attached hydrogens (tertiary/aromatic N) is 5. The predicted molar refractivity (Wildman–Crippen MR) is 140 cm³/mol. The number of amides is 1. The van der Waals surface area contributed by atoms with Crippen LogP contribution in [0.15, 0.2) is 60.9 Å². The second-order valence-electron chi connectivity index (χ2n) is 9.04. The SMILES string of the molecule is CCN[C@@H](C)CNC(=O)c1cc(-c2cnn3ccc(-c4ccccc4)nc23)nc(N2CC(OC)C2)c1. The zero-order chi connectivity index (χ0) is 25.1. The van der Waals surface area contributed by atoms with Crippen LogP contribution in [0.25, 0.3) is 28.2 Å². The molecule has 0 spiro atoms. The van der Waals surface area contributed by atoms with E-state index in [1.807, 2.05) is 68.6 Å². The number of ether oxygens (including phenoxy) is 1. The van der Waals surface area contributed by atoms with Crippen LogP contribution < -0.4 is 15.5 Å². The van der Waals surface area contributed by atoms with Crippen LogP contribution in [0.3, 0.4) is 0 Å². The van der Waals surface area contributed by atoms with Crippen LogP contribution in [0.1, 0.15) is 24.2 Å². The monoisotopic (exact) mass is 485 g/mol. The zero-order valence-electron chi connectivity index (χ0n) is 20.8. The summed E-state index contributed by atoms with van der Waals surface area (Å²) in [5.41, 5.74) is 4.54. The summed E-state index contributed by atoms with van der Waals surface area (Å²) in [6.07, 6.45) is 3.82. The van der Waals surface area contributed by atoms with E-state index in [0.29, 0.717) is 23.4 Å². The molecule has 1 aliphatic heterocycles. The fraction of sp³-hybridized carbons (Fsp3) is 0.333. The Labute approximate surface area is 210 Å². The molecule has 9 nitrogen and oxygen atoms in total. The molecule has 9 heteroatoms. The number of pyridine rings is 1. The number of aromatic nitrogens is 4. The van der Waals surface area contributed by atoms with Crippen LogP contribution in [-0.4, -0.2) is 70.9 Å². The highest BCUT2D eigenvalue weighted by Crippen LogP contribution is 2.29. The Morgan fingerprint density at radius 1 is 1.14 bits per heavy atom. The van der Waals surface area contributed by atoms with Crippen molar-refractivity contribution in [2.24, 2.45) is 0 Å². The molecule has 4 heterocycles. The van der Waals surface area contributed by atoms with Crippen LogP contribution >= 0.6 is 0 Å². The molecule has 0 aliphatic carbocycles. The van der Waals surface area contributed by atoms with Crippen LogP contribution in [0, 0.1) is 0 Å². The minimum atomic E-state index is -0.136. The highest BCUT2D eigenvalue weighted by molar-refractivity contribution is 5.96. The van der Waals surface area contributed by atoms with Gasteiger partial charge in [0.2, 0.25) is 0 Å². The molecule has 1 fully saturated rings. The van der Waals surface area contributed by atoms with Crippen molar-refractivity contribution in [1.82, 2.24) is 30.2 Å². The molecule has 186 valence electrons. The molecule has 1 saturated heterocycles. The normalized spacial score (nSPS) is 14.6. The van der Waals surface area contributed by atoms with Crippen LogP contribution in [0.5, 0.6) is 0 Å². The van der Waals surface area contributed by atoms with Crippen LogP contribution in [0.4, 0.5) is 5.82 Å². The average molecular weight is 486 g/mol. The van der Waals surface area contributed by atoms with Gasteiger partial charge in [-0.05, 0) is 31.7 Å². The molecule has 3 aromatic heterocycles. The lowest BCUT2D eigenvalue weighted by Gasteiger charge is -2.39. The molecule has 2 N–H and O–H groups in total. The van der Waals surface area contributed by atoms with E-state index < -0.39 is 0 Å². The van der Waals surface area contributed by atoms with E-state index in [1.54, 1.807) is 17.8 Å².